The summed E-state index contributed by atoms with van der Waals surface area (Å²) in [4.78, 5) is 11.4. The van der Waals surface area contributed by atoms with Crippen LogP contribution in [0, 0.1) is 13.8 Å². The lowest BCUT2D eigenvalue weighted by Crippen LogP contribution is -2.30. The molecule has 1 aromatic carbocycles. The van der Waals surface area contributed by atoms with Crippen LogP contribution in [0.5, 0.6) is 11.5 Å². The van der Waals surface area contributed by atoms with Gasteiger partial charge < -0.3 is 24.3 Å². The van der Waals surface area contributed by atoms with Crippen molar-refractivity contribution in [1.29, 1.82) is 0 Å². The van der Waals surface area contributed by atoms with E-state index in [1.54, 1.807) is 14.2 Å². The summed E-state index contributed by atoms with van der Waals surface area (Å²) in [5.74, 6) is 2.31. The van der Waals surface area contributed by atoms with Crippen molar-refractivity contribution in [3.05, 3.63) is 95.7 Å². The van der Waals surface area contributed by atoms with Gasteiger partial charge in [0.2, 0.25) is 0 Å². The molecule has 3 aromatic heterocycles. The number of ether oxygens (including phenoxy) is 2. The Balaban J connectivity index is 1.72. The highest BCUT2D eigenvalue weighted by Gasteiger charge is 2.43. The molecule has 1 aliphatic heterocycles. The van der Waals surface area contributed by atoms with E-state index >= 15 is 0 Å². The Bertz CT molecular complexity index is 1360. The molecule has 8 heteroatoms. The summed E-state index contributed by atoms with van der Waals surface area (Å²) in [6.45, 7) is 4.22. The van der Waals surface area contributed by atoms with Crippen LogP contribution < -0.4 is 19.7 Å². The van der Waals surface area contributed by atoms with Crippen LogP contribution in [0.3, 0.4) is 0 Å². The van der Waals surface area contributed by atoms with E-state index in [9.17, 15) is 0 Å². The van der Waals surface area contributed by atoms with Gasteiger partial charge in [0.15, 0.2) is 5.11 Å². The first kappa shape index (κ1) is 22.9. The van der Waals surface area contributed by atoms with Crippen molar-refractivity contribution in [2.45, 2.75) is 25.9 Å². The average molecular weight is 486 g/mol. The highest BCUT2D eigenvalue weighted by molar-refractivity contribution is 7.80. The number of nitrogens with zero attached hydrogens (tertiary/aromatic N) is 4. The summed E-state index contributed by atoms with van der Waals surface area (Å²) < 4.78 is 13.5. The van der Waals surface area contributed by atoms with Gasteiger partial charge in [-0.15, -0.1) is 0 Å². The second-order valence-corrected chi connectivity index (χ2v) is 8.77. The molecule has 1 N–H and O–H groups in total. The van der Waals surface area contributed by atoms with E-state index in [-0.39, 0.29) is 12.1 Å². The van der Waals surface area contributed by atoms with Gasteiger partial charge in [0.05, 0.1) is 37.7 Å². The molecule has 4 heterocycles. The molecule has 5 rings (SSSR count). The minimum atomic E-state index is -0.179. The summed E-state index contributed by atoms with van der Waals surface area (Å²) >= 11 is 5.91. The molecule has 0 amide bonds. The number of anilines is 1. The number of pyridine rings is 2. The van der Waals surface area contributed by atoms with Crippen molar-refractivity contribution < 1.29 is 9.47 Å². The van der Waals surface area contributed by atoms with E-state index in [0.29, 0.717) is 10.9 Å². The topological polar surface area (TPSA) is 64.4 Å². The van der Waals surface area contributed by atoms with Gasteiger partial charge in [-0.2, -0.15) is 0 Å². The number of hydrogen-bond acceptors (Lipinski definition) is 5. The number of aryl methyl sites for hydroxylation is 1. The monoisotopic (exact) mass is 485 g/mol. The smallest absolute Gasteiger partial charge is 0.174 e. The first-order valence-corrected chi connectivity index (χ1v) is 11.8. The Hall–Kier alpha value is -3.91. The quantitative estimate of drug-likeness (QED) is 0.382. The summed E-state index contributed by atoms with van der Waals surface area (Å²) in [6, 6.07) is 19.5. The van der Waals surface area contributed by atoms with Crippen LogP contribution in [-0.2, 0) is 0 Å². The highest BCUT2D eigenvalue weighted by Crippen LogP contribution is 2.46. The van der Waals surface area contributed by atoms with Crippen LogP contribution in [0.2, 0.25) is 0 Å². The second-order valence-electron chi connectivity index (χ2n) is 8.38. The van der Waals surface area contributed by atoms with Crippen LogP contribution in [0.4, 0.5) is 5.69 Å². The lowest BCUT2D eigenvalue weighted by molar-refractivity contribution is 0.403. The zero-order chi connectivity index (χ0) is 24.5. The van der Waals surface area contributed by atoms with Gasteiger partial charge in [0.25, 0.3) is 0 Å². The number of benzene rings is 1. The molecule has 178 valence electrons. The molecule has 0 bridgehead atoms. The lowest BCUT2D eigenvalue weighted by Gasteiger charge is -2.29. The minimum Gasteiger partial charge on any atom is -0.497 e. The third-order valence-electron chi connectivity index (χ3n) is 6.41. The Kier molecular flexibility index (Phi) is 6.13. The molecule has 1 aliphatic rings. The van der Waals surface area contributed by atoms with Gasteiger partial charge in [-0.3, -0.25) is 4.98 Å². The van der Waals surface area contributed by atoms with Gasteiger partial charge in [-0.1, -0.05) is 12.1 Å². The number of nitrogens with one attached hydrogen (secondary N) is 1. The van der Waals surface area contributed by atoms with E-state index in [0.717, 1.165) is 39.9 Å². The summed E-state index contributed by atoms with van der Waals surface area (Å²) in [6.07, 6.45) is 3.62. The predicted octanol–water partition coefficient (Wildman–Crippen LogP) is 5.08. The fourth-order valence-corrected chi connectivity index (χ4v) is 5.18. The molecule has 0 spiro atoms. The first-order chi connectivity index (χ1) is 17.0. The molecular weight excluding hydrogens is 458 g/mol. The predicted molar refractivity (Wildman–Crippen MR) is 141 cm³/mol. The van der Waals surface area contributed by atoms with E-state index in [1.165, 1.54) is 0 Å². The Morgan fingerprint density at radius 2 is 1.69 bits per heavy atom. The number of aromatic nitrogens is 3. The number of thiocarbonyl (C=S) groups is 1. The summed E-state index contributed by atoms with van der Waals surface area (Å²) in [5.41, 5.74) is 5.04. The molecule has 0 radical (unpaired) electrons. The molecule has 0 aliphatic carbocycles. The number of hydrogen-bond donors (Lipinski definition) is 1. The van der Waals surface area contributed by atoms with Crippen LogP contribution >= 0.6 is 12.2 Å². The van der Waals surface area contributed by atoms with Gasteiger partial charge in [0, 0.05) is 29.8 Å². The second kappa shape index (κ2) is 9.38. The van der Waals surface area contributed by atoms with Crippen molar-refractivity contribution in [2.75, 3.05) is 19.1 Å². The molecule has 1 fully saturated rings. The molecule has 7 nitrogen and oxygen atoms in total. The SMILES string of the molecule is COc1ccc(OC)c(N2C(=S)N[C@@H](c3ccccn3)[C@H]2c2cc(C)n(-c3ccccn3)c2C)c1. The molecule has 35 heavy (non-hydrogen) atoms. The normalized spacial score (nSPS) is 17.4. The fourth-order valence-electron chi connectivity index (χ4n) is 4.84. The molecule has 4 aromatic rings. The molecule has 2 atom stereocenters. The molecule has 0 saturated carbocycles. The van der Waals surface area contributed by atoms with E-state index in [4.69, 9.17) is 21.7 Å². The number of methoxy groups -OCH3 is 2. The van der Waals surface area contributed by atoms with Gasteiger partial charge in [0.1, 0.15) is 17.3 Å². The summed E-state index contributed by atoms with van der Waals surface area (Å²) in [5, 5.41) is 4.12. The maximum Gasteiger partial charge on any atom is 0.174 e. The van der Waals surface area contributed by atoms with Crippen molar-refractivity contribution in [3.8, 4) is 17.3 Å². The van der Waals surface area contributed by atoms with Crippen molar-refractivity contribution in [1.82, 2.24) is 19.9 Å². The lowest BCUT2D eigenvalue weighted by atomic mass is 9.96. The fraction of sp³-hybridized carbons (Fsp3) is 0.222. The van der Waals surface area contributed by atoms with E-state index in [2.05, 4.69) is 44.7 Å². The largest absolute Gasteiger partial charge is 0.497 e. The van der Waals surface area contributed by atoms with Gasteiger partial charge >= 0.3 is 0 Å². The molecule has 1 saturated heterocycles. The van der Waals surface area contributed by atoms with Crippen LogP contribution in [-0.4, -0.2) is 33.9 Å². The Morgan fingerprint density at radius 1 is 0.914 bits per heavy atom. The Morgan fingerprint density at radius 3 is 2.34 bits per heavy atom. The third kappa shape index (κ3) is 4.00. The van der Waals surface area contributed by atoms with Crippen LogP contribution in [0.15, 0.2) is 73.1 Å². The zero-order valence-electron chi connectivity index (χ0n) is 20.1. The van der Waals surface area contributed by atoms with Crippen LogP contribution in [0.25, 0.3) is 5.82 Å². The standard InChI is InChI=1S/C27H27N5O2S/c1-17-15-20(18(2)31(17)24-10-6-8-14-29-24)26-25(21-9-5-7-13-28-21)30-27(35)32(26)22-16-19(33-3)11-12-23(22)34-4/h5-16,25-26H,1-4H3,(H,30,35)/t25-,26+/m0/s1. The Labute approximate surface area is 210 Å². The zero-order valence-corrected chi connectivity index (χ0v) is 20.9. The van der Waals surface area contributed by atoms with Crippen LogP contribution in [0.1, 0.15) is 34.7 Å². The van der Waals surface area contributed by atoms with Gasteiger partial charge in [-0.25, -0.2) is 4.98 Å². The third-order valence-corrected chi connectivity index (χ3v) is 6.73. The first-order valence-electron chi connectivity index (χ1n) is 11.4. The van der Waals surface area contributed by atoms with Crippen molar-refractivity contribution in [2.24, 2.45) is 0 Å². The van der Waals surface area contributed by atoms with Crippen molar-refractivity contribution >= 4 is 23.0 Å². The molecular formula is C27H27N5O2S. The minimum absolute atomic E-state index is 0.169. The summed E-state index contributed by atoms with van der Waals surface area (Å²) in [7, 11) is 3.32. The highest BCUT2D eigenvalue weighted by atomic mass is 32.1. The van der Waals surface area contributed by atoms with Crippen molar-refractivity contribution in [3.63, 3.8) is 0 Å². The van der Waals surface area contributed by atoms with E-state index in [1.807, 2.05) is 67.0 Å². The van der Waals surface area contributed by atoms with Gasteiger partial charge in [-0.05, 0) is 74.1 Å². The maximum atomic E-state index is 5.91. The average Bonchev–Trinajstić information content (AvgIpc) is 3.39. The maximum absolute atomic E-state index is 5.91. The molecule has 0 unspecified atom stereocenters. The van der Waals surface area contributed by atoms with E-state index < -0.39 is 0 Å². The number of rotatable bonds is 6.